The summed E-state index contributed by atoms with van der Waals surface area (Å²) in [5.41, 5.74) is 1.80. The SMILES string of the molecule is Cc1ccc(C(=O)C2CC(C)CC(C)C2)cc1Cl. The number of aryl methyl sites for hydroxylation is 1. The van der Waals surface area contributed by atoms with Crippen LogP contribution in [0.3, 0.4) is 0 Å². The van der Waals surface area contributed by atoms with Crippen molar-refractivity contribution in [3.8, 4) is 0 Å². The molecule has 0 N–H and O–H groups in total. The highest BCUT2D eigenvalue weighted by Crippen LogP contribution is 2.35. The summed E-state index contributed by atoms with van der Waals surface area (Å²) < 4.78 is 0. The fraction of sp³-hybridized carbons (Fsp3) is 0.562. The third-order valence-corrected chi connectivity index (χ3v) is 4.41. The van der Waals surface area contributed by atoms with Crippen molar-refractivity contribution < 1.29 is 4.79 Å². The zero-order valence-electron chi connectivity index (χ0n) is 11.4. The first-order valence-electron chi connectivity index (χ1n) is 6.77. The van der Waals surface area contributed by atoms with Crippen molar-refractivity contribution in [1.29, 1.82) is 0 Å². The minimum absolute atomic E-state index is 0.183. The van der Waals surface area contributed by atoms with Crippen LogP contribution in [0, 0.1) is 24.7 Å². The number of benzene rings is 1. The van der Waals surface area contributed by atoms with Gasteiger partial charge in [-0.1, -0.05) is 37.6 Å². The number of carbonyl (C=O) groups is 1. The summed E-state index contributed by atoms with van der Waals surface area (Å²) >= 11 is 6.10. The third-order valence-electron chi connectivity index (χ3n) is 4.01. The van der Waals surface area contributed by atoms with Crippen LogP contribution in [-0.4, -0.2) is 5.78 Å². The summed E-state index contributed by atoms with van der Waals surface area (Å²) in [6.07, 6.45) is 3.29. The van der Waals surface area contributed by atoms with Crippen molar-refractivity contribution in [2.75, 3.05) is 0 Å². The fourth-order valence-corrected chi connectivity index (χ4v) is 3.32. The average molecular weight is 265 g/mol. The second-order valence-electron chi connectivity index (χ2n) is 5.94. The van der Waals surface area contributed by atoms with Gasteiger partial charge in [0.15, 0.2) is 5.78 Å². The standard InChI is InChI=1S/C16H21ClO/c1-10-6-11(2)8-14(7-10)16(18)13-5-4-12(3)15(17)9-13/h4-5,9-11,14H,6-8H2,1-3H3. The molecule has 98 valence electrons. The molecule has 0 saturated heterocycles. The quantitative estimate of drug-likeness (QED) is 0.694. The number of ketones is 1. The van der Waals surface area contributed by atoms with Gasteiger partial charge >= 0.3 is 0 Å². The van der Waals surface area contributed by atoms with Gasteiger partial charge in [-0.2, -0.15) is 0 Å². The van der Waals surface area contributed by atoms with Crippen LogP contribution in [0.1, 0.15) is 49.0 Å². The average Bonchev–Trinajstić information content (AvgIpc) is 2.30. The van der Waals surface area contributed by atoms with Crippen LogP contribution < -0.4 is 0 Å². The van der Waals surface area contributed by atoms with Crippen LogP contribution in [0.5, 0.6) is 0 Å². The Morgan fingerprint density at radius 3 is 2.33 bits per heavy atom. The Balaban J connectivity index is 2.17. The lowest BCUT2D eigenvalue weighted by Gasteiger charge is -2.30. The van der Waals surface area contributed by atoms with Gasteiger partial charge in [0.1, 0.15) is 0 Å². The fourth-order valence-electron chi connectivity index (χ4n) is 3.14. The van der Waals surface area contributed by atoms with Gasteiger partial charge in [-0.15, -0.1) is 0 Å². The molecule has 1 aliphatic rings. The van der Waals surface area contributed by atoms with Gasteiger partial charge in [0.05, 0.1) is 0 Å². The van der Waals surface area contributed by atoms with Crippen molar-refractivity contribution in [2.45, 2.75) is 40.0 Å². The molecule has 1 aliphatic carbocycles. The van der Waals surface area contributed by atoms with Crippen molar-refractivity contribution in [2.24, 2.45) is 17.8 Å². The summed E-state index contributed by atoms with van der Waals surface area (Å²) in [5.74, 6) is 1.77. The summed E-state index contributed by atoms with van der Waals surface area (Å²) in [7, 11) is 0. The van der Waals surface area contributed by atoms with E-state index in [0.29, 0.717) is 16.9 Å². The second kappa shape index (κ2) is 5.44. The number of Topliss-reactive ketones (excluding diaryl/α,β-unsaturated/α-hetero) is 1. The van der Waals surface area contributed by atoms with Crippen LogP contribution in [0.15, 0.2) is 18.2 Å². The number of carbonyl (C=O) groups excluding carboxylic acids is 1. The van der Waals surface area contributed by atoms with Crippen molar-refractivity contribution >= 4 is 17.4 Å². The molecular weight excluding hydrogens is 244 g/mol. The summed E-state index contributed by atoms with van der Waals surface area (Å²) in [4.78, 5) is 12.5. The van der Waals surface area contributed by atoms with Gasteiger partial charge in [0.2, 0.25) is 0 Å². The summed E-state index contributed by atoms with van der Waals surface area (Å²) in [6, 6.07) is 5.67. The molecule has 2 unspecified atom stereocenters. The first-order chi connectivity index (χ1) is 8.47. The highest BCUT2D eigenvalue weighted by molar-refractivity contribution is 6.31. The van der Waals surface area contributed by atoms with Gasteiger partial charge in [-0.3, -0.25) is 4.79 Å². The normalized spacial score (nSPS) is 28.1. The maximum Gasteiger partial charge on any atom is 0.166 e. The predicted molar refractivity (Wildman–Crippen MR) is 76.2 cm³/mol. The number of halogens is 1. The zero-order chi connectivity index (χ0) is 13.3. The molecule has 2 rings (SSSR count). The van der Waals surface area contributed by atoms with Gasteiger partial charge in [-0.25, -0.2) is 0 Å². The van der Waals surface area contributed by atoms with E-state index in [2.05, 4.69) is 13.8 Å². The molecule has 1 nitrogen and oxygen atoms in total. The molecule has 2 heteroatoms. The third kappa shape index (κ3) is 2.95. The topological polar surface area (TPSA) is 17.1 Å². The Hall–Kier alpha value is -0.820. The zero-order valence-corrected chi connectivity index (χ0v) is 12.1. The highest BCUT2D eigenvalue weighted by Gasteiger charge is 2.29. The van der Waals surface area contributed by atoms with Gasteiger partial charge < -0.3 is 0 Å². The van der Waals surface area contributed by atoms with Crippen molar-refractivity contribution in [3.05, 3.63) is 34.3 Å². The molecule has 0 aliphatic heterocycles. The molecule has 2 atom stereocenters. The summed E-state index contributed by atoms with van der Waals surface area (Å²) in [6.45, 7) is 6.46. The smallest absolute Gasteiger partial charge is 0.166 e. The minimum atomic E-state index is 0.183. The molecule has 1 saturated carbocycles. The summed E-state index contributed by atoms with van der Waals surface area (Å²) in [5, 5.41) is 0.692. The van der Waals surface area contributed by atoms with E-state index in [4.69, 9.17) is 11.6 Å². The highest BCUT2D eigenvalue weighted by atomic mass is 35.5. The van der Waals surface area contributed by atoms with Gasteiger partial charge in [0.25, 0.3) is 0 Å². The van der Waals surface area contributed by atoms with E-state index in [1.165, 1.54) is 6.42 Å². The molecule has 18 heavy (non-hydrogen) atoms. The Morgan fingerprint density at radius 1 is 1.17 bits per heavy atom. The molecule has 1 aromatic rings. The molecule has 0 amide bonds. The Kier molecular flexibility index (Phi) is 4.11. The van der Waals surface area contributed by atoms with E-state index >= 15 is 0 Å². The van der Waals surface area contributed by atoms with Crippen molar-refractivity contribution in [1.82, 2.24) is 0 Å². The van der Waals surface area contributed by atoms with E-state index < -0.39 is 0 Å². The van der Waals surface area contributed by atoms with Gasteiger partial charge in [0, 0.05) is 16.5 Å². The number of hydrogen-bond acceptors (Lipinski definition) is 1. The lowest BCUT2D eigenvalue weighted by molar-refractivity contribution is 0.0836. The molecule has 1 fully saturated rings. The Morgan fingerprint density at radius 2 is 1.78 bits per heavy atom. The number of rotatable bonds is 2. The molecule has 0 aromatic heterocycles. The molecule has 1 aromatic carbocycles. The monoisotopic (exact) mass is 264 g/mol. The van der Waals surface area contributed by atoms with Gasteiger partial charge in [-0.05, 0) is 49.7 Å². The first-order valence-corrected chi connectivity index (χ1v) is 7.15. The molecule has 0 spiro atoms. The Bertz CT molecular complexity index is 442. The predicted octanol–water partition coefficient (Wildman–Crippen LogP) is 4.90. The van der Waals surface area contributed by atoms with E-state index in [1.807, 2.05) is 25.1 Å². The van der Waals surface area contributed by atoms with Crippen LogP contribution in [0.25, 0.3) is 0 Å². The minimum Gasteiger partial charge on any atom is -0.294 e. The molecule has 0 bridgehead atoms. The molecule has 0 radical (unpaired) electrons. The Labute approximate surface area is 115 Å². The van der Waals surface area contributed by atoms with E-state index in [-0.39, 0.29) is 11.7 Å². The molecular formula is C16H21ClO. The molecule has 0 heterocycles. The second-order valence-corrected chi connectivity index (χ2v) is 6.35. The lowest BCUT2D eigenvalue weighted by Crippen LogP contribution is -2.26. The lowest BCUT2D eigenvalue weighted by atomic mass is 9.74. The van der Waals surface area contributed by atoms with E-state index in [9.17, 15) is 4.79 Å². The maximum absolute atomic E-state index is 12.5. The van der Waals surface area contributed by atoms with Crippen LogP contribution in [0.2, 0.25) is 5.02 Å². The van der Waals surface area contributed by atoms with Crippen LogP contribution in [-0.2, 0) is 0 Å². The van der Waals surface area contributed by atoms with Crippen LogP contribution >= 0.6 is 11.6 Å². The van der Waals surface area contributed by atoms with E-state index in [1.54, 1.807) is 0 Å². The first kappa shape index (κ1) is 13.6. The number of hydrogen-bond donors (Lipinski definition) is 0. The van der Waals surface area contributed by atoms with Crippen LogP contribution in [0.4, 0.5) is 0 Å². The van der Waals surface area contributed by atoms with E-state index in [0.717, 1.165) is 24.0 Å². The largest absolute Gasteiger partial charge is 0.294 e. The van der Waals surface area contributed by atoms with Crippen molar-refractivity contribution in [3.63, 3.8) is 0 Å². The maximum atomic E-state index is 12.5.